The number of hydrogen-bond donors (Lipinski definition) is 2. The summed E-state index contributed by atoms with van der Waals surface area (Å²) in [6.45, 7) is 9.31. The molecule has 1 saturated heterocycles. The molecule has 0 unspecified atom stereocenters. The van der Waals surface area contributed by atoms with E-state index in [1.807, 2.05) is 13.0 Å². The predicted octanol–water partition coefficient (Wildman–Crippen LogP) is 2.07. The van der Waals surface area contributed by atoms with Crippen LogP contribution in [-0.2, 0) is 14.0 Å². The molecule has 2 aromatic rings. The third-order valence-electron chi connectivity index (χ3n) is 5.53. The van der Waals surface area contributed by atoms with Gasteiger partial charge in [-0.1, -0.05) is 13.3 Å². The van der Waals surface area contributed by atoms with Gasteiger partial charge >= 0.3 is 19.2 Å². The van der Waals surface area contributed by atoms with E-state index >= 15 is 0 Å². The second-order valence-electron chi connectivity index (χ2n) is 8.40. The molecule has 0 saturated carbocycles. The lowest BCUT2D eigenvalue weighted by molar-refractivity contribution is 0.00578. The van der Waals surface area contributed by atoms with E-state index in [2.05, 4.69) is 20.4 Å². The van der Waals surface area contributed by atoms with Gasteiger partial charge in [0.05, 0.1) is 35.8 Å². The highest BCUT2D eigenvalue weighted by Crippen LogP contribution is 2.37. The highest BCUT2D eigenvalue weighted by Gasteiger charge is 2.55. The van der Waals surface area contributed by atoms with Crippen molar-refractivity contribution in [2.75, 3.05) is 11.9 Å². The number of unbranched alkanes of at least 4 members (excludes halogenated alkanes) is 1. The maximum Gasteiger partial charge on any atom is 0.515 e. The van der Waals surface area contributed by atoms with Gasteiger partial charge in [-0.05, 0) is 34.1 Å². The summed E-state index contributed by atoms with van der Waals surface area (Å²) in [6, 6.07) is 1.85. The Balaban J connectivity index is 2.10. The van der Waals surface area contributed by atoms with Crippen molar-refractivity contribution < 1.29 is 28.7 Å². The molecule has 0 radical (unpaired) electrons. The molecule has 0 atom stereocenters. The Morgan fingerprint density at radius 3 is 2.42 bits per heavy atom. The predicted molar refractivity (Wildman–Crippen MR) is 117 cm³/mol. The van der Waals surface area contributed by atoms with Crippen LogP contribution >= 0.6 is 0 Å². The van der Waals surface area contributed by atoms with Crippen molar-refractivity contribution in [1.29, 1.82) is 5.26 Å². The Kier molecular flexibility index (Phi) is 6.71. The van der Waals surface area contributed by atoms with Gasteiger partial charge in [0.25, 0.3) is 0 Å². The fourth-order valence-corrected chi connectivity index (χ4v) is 2.99. The van der Waals surface area contributed by atoms with Gasteiger partial charge < -0.3 is 24.5 Å². The van der Waals surface area contributed by atoms with Crippen molar-refractivity contribution in [2.45, 2.75) is 58.7 Å². The Hall–Kier alpha value is -3.50. The summed E-state index contributed by atoms with van der Waals surface area (Å²) in [4.78, 5) is 33.0. The first-order valence-corrected chi connectivity index (χ1v) is 10.4. The van der Waals surface area contributed by atoms with Crippen LogP contribution in [0.1, 0.15) is 63.5 Å². The normalized spacial score (nSPS) is 16.3. The monoisotopic (exact) mass is 456 g/mol. The Morgan fingerprint density at radius 2 is 1.91 bits per heavy atom. The number of esters is 1. The summed E-state index contributed by atoms with van der Waals surface area (Å²) in [6.07, 6.45) is 2.48. The molecule has 33 heavy (non-hydrogen) atoms. The standard InChI is InChI=1S/C20H25BN6O6/c1-6-7-8-31-17(28)14-15(21-32-19(2,3)20(4,5)33-21)27(18(29)30)26-16(14)25-13-11-23-12(9-22)10-24-13/h10-11H,6-8H2,1-5H3,(H,29,30)(H,24,25,26). The van der Waals surface area contributed by atoms with E-state index in [1.165, 1.54) is 12.4 Å². The number of nitrogens with one attached hydrogen (secondary N) is 1. The van der Waals surface area contributed by atoms with Gasteiger partial charge in [-0.15, -0.1) is 5.10 Å². The maximum absolute atomic E-state index is 13.1. The van der Waals surface area contributed by atoms with E-state index in [1.54, 1.807) is 27.7 Å². The Labute approximate surface area is 191 Å². The number of carboxylic acid groups (broad SMARTS) is 1. The molecule has 1 fully saturated rings. The van der Waals surface area contributed by atoms with Crippen molar-refractivity contribution in [1.82, 2.24) is 19.7 Å². The lowest BCUT2D eigenvalue weighted by atomic mass is 9.81. The summed E-state index contributed by atoms with van der Waals surface area (Å²) in [5.41, 5.74) is -1.76. The number of nitriles is 1. The number of nitrogens with zero attached hydrogens (tertiary/aromatic N) is 5. The van der Waals surface area contributed by atoms with Crippen LogP contribution in [0.5, 0.6) is 0 Å². The zero-order chi connectivity index (χ0) is 24.4. The second kappa shape index (κ2) is 9.17. The smallest absolute Gasteiger partial charge is 0.463 e. The highest BCUT2D eigenvalue weighted by atomic mass is 16.7. The molecule has 12 nitrogen and oxygen atoms in total. The van der Waals surface area contributed by atoms with Crippen LogP contribution in [0.15, 0.2) is 12.4 Å². The summed E-state index contributed by atoms with van der Waals surface area (Å²) >= 11 is 0. The first-order chi connectivity index (χ1) is 15.5. The number of ether oxygens (including phenoxy) is 1. The third kappa shape index (κ3) is 4.81. The molecule has 3 rings (SSSR count). The number of anilines is 2. The maximum atomic E-state index is 13.1. The minimum Gasteiger partial charge on any atom is -0.463 e. The van der Waals surface area contributed by atoms with Crippen molar-refractivity contribution in [3.8, 4) is 6.07 Å². The lowest BCUT2D eigenvalue weighted by Gasteiger charge is -2.32. The van der Waals surface area contributed by atoms with Crippen LogP contribution in [0.25, 0.3) is 0 Å². The van der Waals surface area contributed by atoms with Crippen molar-refractivity contribution >= 4 is 36.4 Å². The molecular weight excluding hydrogens is 431 g/mol. The minimum absolute atomic E-state index is 0.0914. The minimum atomic E-state index is -1.44. The molecule has 1 aliphatic rings. The Bertz CT molecular complexity index is 1080. The third-order valence-corrected chi connectivity index (χ3v) is 5.53. The molecule has 2 N–H and O–H groups in total. The lowest BCUT2D eigenvalue weighted by Crippen LogP contribution is -2.44. The van der Waals surface area contributed by atoms with E-state index in [4.69, 9.17) is 19.3 Å². The van der Waals surface area contributed by atoms with Crippen LogP contribution < -0.4 is 10.9 Å². The average molecular weight is 456 g/mol. The molecule has 0 aromatic carbocycles. The summed E-state index contributed by atoms with van der Waals surface area (Å²) < 4.78 is 18.0. The summed E-state index contributed by atoms with van der Waals surface area (Å²) in [7, 11) is -1.20. The van der Waals surface area contributed by atoms with E-state index in [0.29, 0.717) is 11.1 Å². The Morgan fingerprint density at radius 1 is 1.24 bits per heavy atom. The highest BCUT2D eigenvalue weighted by molar-refractivity contribution is 6.63. The van der Waals surface area contributed by atoms with Crippen LogP contribution in [0, 0.1) is 11.3 Å². The topological polar surface area (TPSA) is 161 Å². The van der Waals surface area contributed by atoms with Gasteiger partial charge in [0.15, 0.2) is 11.5 Å². The van der Waals surface area contributed by atoms with E-state index in [9.17, 15) is 14.7 Å². The first kappa shape index (κ1) is 24.2. The zero-order valence-corrected chi connectivity index (χ0v) is 19.1. The van der Waals surface area contributed by atoms with E-state index < -0.39 is 30.4 Å². The molecule has 174 valence electrons. The van der Waals surface area contributed by atoms with Crippen LogP contribution in [0.2, 0.25) is 0 Å². The van der Waals surface area contributed by atoms with Gasteiger partial charge in [-0.3, -0.25) is 0 Å². The number of carbonyl (C=O) groups excluding carboxylic acids is 1. The van der Waals surface area contributed by atoms with Crippen molar-refractivity contribution in [2.24, 2.45) is 0 Å². The average Bonchev–Trinajstić information content (AvgIpc) is 3.22. The first-order valence-electron chi connectivity index (χ1n) is 10.4. The van der Waals surface area contributed by atoms with Crippen LogP contribution in [-0.4, -0.2) is 61.8 Å². The van der Waals surface area contributed by atoms with Gasteiger partial charge in [0, 0.05) is 0 Å². The molecule has 0 bridgehead atoms. The van der Waals surface area contributed by atoms with Gasteiger partial charge in [0.1, 0.15) is 17.5 Å². The molecule has 3 heterocycles. The number of rotatable bonds is 7. The van der Waals surface area contributed by atoms with Crippen molar-refractivity contribution in [3.63, 3.8) is 0 Å². The van der Waals surface area contributed by atoms with Gasteiger partial charge in [-0.2, -0.15) is 9.94 Å². The molecule has 0 amide bonds. The number of hydrogen-bond acceptors (Lipinski definition) is 10. The largest absolute Gasteiger partial charge is 0.515 e. The summed E-state index contributed by atoms with van der Waals surface area (Å²) in [5, 5.41) is 25.5. The molecule has 13 heteroatoms. The zero-order valence-electron chi connectivity index (χ0n) is 19.1. The fourth-order valence-electron chi connectivity index (χ4n) is 2.99. The quantitative estimate of drug-likeness (QED) is 0.356. The summed E-state index contributed by atoms with van der Waals surface area (Å²) in [5.74, 6) is -0.764. The molecule has 0 spiro atoms. The van der Waals surface area contributed by atoms with Gasteiger partial charge in [-0.25, -0.2) is 19.6 Å². The molecular formula is C20H25BN6O6. The SMILES string of the molecule is CCCCOC(=O)c1c(Nc2cnc(C#N)cn2)nn(C(=O)O)c1B1OC(C)(C)C(C)(C)O1. The molecule has 1 aliphatic heterocycles. The molecule has 2 aromatic heterocycles. The van der Waals surface area contributed by atoms with E-state index in [0.717, 1.165) is 6.42 Å². The van der Waals surface area contributed by atoms with Gasteiger partial charge in [0.2, 0.25) is 0 Å². The number of aromatic nitrogens is 4. The van der Waals surface area contributed by atoms with Crippen LogP contribution in [0.4, 0.5) is 16.4 Å². The van der Waals surface area contributed by atoms with E-state index in [-0.39, 0.29) is 35.1 Å². The fraction of sp³-hybridized carbons (Fsp3) is 0.500. The van der Waals surface area contributed by atoms with Crippen molar-refractivity contribution in [3.05, 3.63) is 23.7 Å². The number of carbonyl (C=O) groups is 2. The van der Waals surface area contributed by atoms with Crippen LogP contribution in [0.3, 0.4) is 0 Å². The second-order valence-corrected chi connectivity index (χ2v) is 8.40. The molecule has 0 aliphatic carbocycles.